The third-order valence-electron chi connectivity index (χ3n) is 4.74. The third-order valence-corrected chi connectivity index (χ3v) is 4.74. The lowest BCUT2D eigenvalue weighted by molar-refractivity contribution is 0.0119. The number of methoxy groups -OCH3 is 1. The highest BCUT2D eigenvalue weighted by molar-refractivity contribution is 5.53. The zero-order valence-electron chi connectivity index (χ0n) is 15.1. The van der Waals surface area contributed by atoms with Crippen molar-refractivity contribution in [2.45, 2.75) is 25.1 Å². The molecule has 0 radical (unpaired) electrons. The van der Waals surface area contributed by atoms with Crippen LogP contribution in [0.25, 0.3) is 11.4 Å². The van der Waals surface area contributed by atoms with Crippen LogP contribution in [0.5, 0.6) is 5.88 Å². The Kier molecular flexibility index (Phi) is 4.85. The molecule has 4 rings (SSSR count). The van der Waals surface area contributed by atoms with Gasteiger partial charge in [-0.3, -0.25) is 4.90 Å². The highest BCUT2D eigenvalue weighted by Crippen LogP contribution is 2.36. The summed E-state index contributed by atoms with van der Waals surface area (Å²) in [6.07, 6.45) is 1.08. The Hall–Kier alpha value is -2.80. The van der Waals surface area contributed by atoms with Gasteiger partial charge in [0.2, 0.25) is 17.4 Å². The van der Waals surface area contributed by atoms with Crippen molar-refractivity contribution >= 4 is 0 Å². The molecule has 140 valence electrons. The molecule has 0 amide bonds. The van der Waals surface area contributed by atoms with Crippen LogP contribution in [0.15, 0.2) is 53.1 Å². The molecule has 2 aromatic heterocycles. The minimum absolute atomic E-state index is 0.0460. The van der Waals surface area contributed by atoms with Gasteiger partial charge in [0.05, 0.1) is 12.8 Å². The molecule has 1 fully saturated rings. The van der Waals surface area contributed by atoms with E-state index in [1.54, 1.807) is 13.2 Å². The Labute approximate surface area is 157 Å². The van der Waals surface area contributed by atoms with E-state index in [-0.39, 0.29) is 12.4 Å². The molecule has 6 nitrogen and oxygen atoms in total. The maximum absolute atomic E-state index is 15.6. The van der Waals surface area contributed by atoms with E-state index in [0.29, 0.717) is 31.1 Å². The number of pyridine rings is 1. The van der Waals surface area contributed by atoms with Crippen LogP contribution in [0, 0.1) is 0 Å². The van der Waals surface area contributed by atoms with Gasteiger partial charge in [-0.2, -0.15) is 4.98 Å². The summed E-state index contributed by atoms with van der Waals surface area (Å²) in [4.78, 5) is 10.8. The summed E-state index contributed by atoms with van der Waals surface area (Å²) in [5, 5.41) is 3.97. The van der Waals surface area contributed by atoms with Crippen molar-refractivity contribution in [2.24, 2.45) is 0 Å². The Morgan fingerprint density at radius 1 is 1.15 bits per heavy atom. The van der Waals surface area contributed by atoms with Gasteiger partial charge >= 0.3 is 0 Å². The number of hydrogen-bond acceptors (Lipinski definition) is 6. The minimum atomic E-state index is -1.66. The Morgan fingerprint density at radius 3 is 2.81 bits per heavy atom. The number of piperidine rings is 1. The number of likely N-dealkylation sites (tertiary alicyclic amines) is 1. The summed E-state index contributed by atoms with van der Waals surface area (Å²) in [7, 11) is 1.58. The Morgan fingerprint density at radius 2 is 2.00 bits per heavy atom. The third kappa shape index (κ3) is 3.83. The molecule has 1 aromatic carbocycles. The van der Waals surface area contributed by atoms with E-state index in [1.807, 2.05) is 47.4 Å². The van der Waals surface area contributed by atoms with Gasteiger partial charge in [0.25, 0.3) is 5.89 Å². The van der Waals surface area contributed by atoms with Crippen LogP contribution in [0.1, 0.15) is 24.4 Å². The second-order valence-electron chi connectivity index (χ2n) is 6.74. The standard InChI is InChI=1S/C20H21FN4O2/c1-26-17-10-5-9-16(22-17)13-25-12-6-11-20(21,14-25)19-23-18(24-27-19)15-7-3-2-4-8-15/h2-5,7-10H,6,11-14H2,1H3. The SMILES string of the molecule is COc1cccc(CN2CCCC(F)(c3nc(-c4ccccc4)no3)C2)n1. The van der Waals surface area contributed by atoms with Crippen LogP contribution >= 0.6 is 0 Å². The van der Waals surface area contributed by atoms with Gasteiger partial charge in [-0.05, 0) is 25.5 Å². The van der Waals surface area contributed by atoms with Gasteiger partial charge in [0.15, 0.2) is 0 Å². The molecule has 27 heavy (non-hydrogen) atoms. The molecular weight excluding hydrogens is 347 g/mol. The summed E-state index contributed by atoms with van der Waals surface area (Å²) in [5.41, 5.74) is -0.00427. The van der Waals surface area contributed by atoms with E-state index in [2.05, 4.69) is 15.1 Å². The van der Waals surface area contributed by atoms with Gasteiger partial charge in [-0.25, -0.2) is 9.37 Å². The normalized spacial score (nSPS) is 20.5. The maximum Gasteiger partial charge on any atom is 0.265 e. The molecule has 3 heterocycles. The first-order valence-electron chi connectivity index (χ1n) is 8.97. The fourth-order valence-electron chi connectivity index (χ4n) is 3.40. The molecule has 1 atom stereocenters. The molecule has 1 unspecified atom stereocenters. The van der Waals surface area contributed by atoms with E-state index in [4.69, 9.17) is 9.26 Å². The molecule has 1 saturated heterocycles. The average Bonchev–Trinajstić information content (AvgIpc) is 3.20. The smallest absolute Gasteiger partial charge is 0.265 e. The molecule has 0 aliphatic carbocycles. The molecule has 3 aromatic rings. The molecule has 7 heteroatoms. The lowest BCUT2D eigenvalue weighted by Gasteiger charge is -2.34. The Balaban J connectivity index is 1.50. The molecule has 0 spiro atoms. The van der Waals surface area contributed by atoms with Gasteiger partial charge in [0, 0.05) is 24.7 Å². The maximum atomic E-state index is 15.6. The zero-order chi connectivity index (χ0) is 18.7. The second kappa shape index (κ2) is 7.44. The minimum Gasteiger partial charge on any atom is -0.481 e. The number of aromatic nitrogens is 3. The monoisotopic (exact) mass is 368 g/mol. The first-order chi connectivity index (χ1) is 13.2. The van der Waals surface area contributed by atoms with E-state index in [0.717, 1.165) is 17.8 Å². The first-order valence-corrected chi connectivity index (χ1v) is 8.97. The Bertz CT molecular complexity index is 902. The average molecular weight is 368 g/mol. The summed E-state index contributed by atoms with van der Waals surface area (Å²) in [6.45, 7) is 1.54. The molecule has 0 N–H and O–H groups in total. The van der Waals surface area contributed by atoms with Crippen molar-refractivity contribution in [3.8, 4) is 17.3 Å². The van der Waals surface area contributed by atoms with Crippen molar-refractivity contribution in [3.05, 3.63) is 60.1 Å². The predicted octanol–water partition coefficient (Wildman–Crippen LogP) is 3.60. The van der Waals surface area contributed by atoms with Crippen molar-refractivity contribution in [1.29, 1.82) is 0 Å². The molecule has 0 bridgehead atoms. The highest BCUT2D eigenvalue weighted by atomic mass is 19.1. The quantitative estimate of drug-likeness (QED) is 0.686. The zero-order valence-corrected chi connectivity index (χ0v) is 15.1. The van der Waals surface area contributed by atoms with Crippen LogP contribution in [0.4, 0.5) is 4.39 Å². The summed E-state index contributed by atoms with van der Waals surface area (Å²) >= 11 is 0. The summed E-state index contributed by atoms with van der Waals surface area (Å²) in [6, 6.07) is 15.0. The number of nitrogens with zero attached hydrogens (tertiary/aromatic N) is 4. The summed E-state index contributed by atoms with van der Waals surface area (Å²) < 4.78 is 26.1. The van der Waals surface area contributed by atoms with Gasteiger partial charge in [-0.15, -0.1) is 0 Å². The van der Waals surface area contributed by atoms with Crippen LogP contribution in [0.2, 0.25) is 0 Å². The predicted molar refractivity (Wildman–Crippen MR) is 97.8 cm³/mol. The van der Waals surface area contributed by atoms with Crippen LogP contribution in [0.3, 0.4) is 0 Å². The van der Waals surface area contributed by atoms with Crippen molar-refractivity contribution in [2.75, 3.05) is 20.2 Å². The van der Waals surface area contributed by atoms with Gasteiger partial charge < -0.3 is 9.26 Å². The number of ether oxygens (including phenoxy) is 1. The molecule has 1 aliphatic heterocycles. The fourth-order valence-corrected chi connectivity index (χ4v) is 3.40. The van der Waals surface area contributed by atoms with Gasteiger partial charge in [-0.1, -0.05) is 41.6 Å². The highest BCUT2D eigenvalue weighted by Gasteiger charge is 2.42. The lowest BCUT2D eigenvalue weighted by Crippen LogP contribution is -2.43. The molecular formula is C20H21FN4O2. The number of hydrogen-bond donors (Lipinski definition) is 0. The number of benzene rings is 1. The van der Waals surface area contributed by atoms with Gasteiger partial charge in [0.1, 0.15) is 0 Å². The first kappa shape index (κ1) is 17.6. The van der Waals surface area contributed by atoms with Crippen molar-refractivity contribution in [1.82, 2.24) is 20.0 Å². The van der Waals surface area contributed by atoms with E-state index >= 15 is 4.39 Å². The number of alkyl halides is 1. The van der Waals surface area contributed by atoms with E-state index < -0.39 is 5.67 Å². The molecule has 1 aliphatic rings. The van der Waals surface area contributed by atoms with Crippen LogP contribution in [-0.2, 0) is 12.2 Å². The summed E-state index contributed by atoms with van der Waals surface area (Å²) in [5.74, 6) is 1.01. The lowest BCUT2D eigenvalue weighted by atomic mass is 9.94. The van der Waals surface area contributed by atoms with Crippen molar-refractivity contribution < 1.29 is 13.7 Å². The second-order valence-corrected chi connectivity index (χ2v) is 6.74. The van der Waals surface area contributed by atoms with Crippen molar-refractivity contribution in [3.63, 3.8) is 0 Å². The van der Waals surface area contributed by atoms with E-state index in [1.165, 1.54) is 0 Å². The fraction of sp³-hybridized carbons (Fsp3) is 0.350. The van der Waals surface area contributed by atoms with Crippen LogP contribution in [-0.4, -0.2) is 40.2 Å². The molecule has 0 saturated carbocycles. The topological polar surface area (TPSA) is 64.3 Å². The number of rotatable bonds is 5. The van der Waals surface area contributed by atoms with Crippen LogP contribution < -0.4 is 4.74 Å². The largest absolute Gasteiger partial charge is 0.481 e. The number of halogens is 1. The van der Waals surface area contributed by atoms with E-state index in [9.17, 15) is 0 Å².